The normalized spacial score (nSPS) is 11.8. The molecular formula is C11H7F4NO2. The summed E-state index contributed by atoms with van der Waals surface area (Å²) in [7, 11) is 0. The predicted molar refractivity (Wildman–Crippen MR) is 54.1 cm³/mol. The van der Waals surface area contributed by atoms with E-state index in [9.17, 15) is 22.4 Å². The van der Waals surface area contributed by atoms with E-state index < -0.39 is 23.1 Å². The van der Waals surface area contributed by atoms with Crippen LogP contribution in [0.3, 0.4) is 0 Å². The number of nitrogens with one attached hydrogen (secondary N) is 1. The lowest BCUT2D eigenvalue weighted by Crippen LogP contribution is -2.08. The van der Waals surface area contributed by atoms with Gasteiger partial charge in [0.1, 0.15) is 22.7 Å². The summed E-state index contributed by atoms with van der Waals surface area (Å²) >= 11 is 0. The van der Waals surface area contributed by atoms with Crippen molar-refractivity contribution in [1.82, 2.24) is 5.32 Å². The summed E-state index contributed by atoms with van der Waals surface area (Å²) in [6.07, 6.45) is -4.31. The molecule has 1 aromatic heterocycles. The maximum Gasteiger partial charge on any atom is 0.420 e. The third-order valence-corrected chi connectivity index (χ3v) is 2.30. The molecule has 2 rings (SSSR count). The molecule has 0 radical (unpaired) electrons. The van der Waals surface area contributed by atoms with Gasteiger partial charge < -0.3 is 9.73 Å². The van der Waals surface area contributed by atoms with E-state index in [2.05, 4.69) is 5.32 Å². The van der Waals surface area contributed by atoms with Crippen molar-refractivity contribution in [3.8, 4) is 0 Å². The molecule has 1 amide bonds. The first-order valence-corrected chi connectivity index (χ1v) is 4.88. The van der Waals surface area contributed by atoms with Crippen molar-refractivity contribution < 1.29 is 26.8 Å². The highest BCUT2D eigenvalue weighted by atomic mass is 19.4. The monoisotopic (exact) mass is 261 g/mol. The van der Waals surface area contributed by atoms with Gasteiger partial charge in [0.15, 0.2) is 0 Å². The van der Waals surface area contributed by atoms with Crippen LogP contribution < -0.4 is 5.32 Å². The van der Waals surface area contributed by atoms with Crippen LogP contribution >= 0.6 is 0 Å². The lowest BCUT2D eigenvalue weighted by molar-refractivity contribution is -0.137. The maximum absolute atomic E-state index is 13.1. The smallest absolute Gasteiger partial charge is 0.420 e. The summed E-state index contributed by atoms with van der Waals surface area (Å²) in [6, 6.07) is 2.57. The molecule has 2 aromatic rings. The number of hydrogen-bond acceptors (Lipinski definition) is 2. The van der Waals surface area contributed by atoms with E-state index in [0.717, 1.165) is 6.07 Å². The molecule has 0 bridgehead atoms. The zero-order valence-corrected chi connectivity index (χ0v) is 8.84. The first-order valence-electron chi connectivity index (χ1n) is 4.88. The number of fused-ring (bicyclic) bond motifs is 1. The van der Waals surface area contributed by atoms with Gasteiger partial charge in [-0.1, -0.05) is 0 Å². The number of benzene rings is 1. The zero-order valence-electron chi connectivity index (χ0n) is 8.84. The van der Waals surface area contributed by atoms with Gasteiger partial charge in [-0.2, -0.15) is 13.2 Å². The highest BCUT2D eigenvalue weighted by Crippen LogP contribution is 2.36. The van der Waals surface area contributed by atoms with Crippen molar-refractivity contribution >= 4 is 17.4 Å². The van der Waals surface area contributed by atoms with Crippen LogP contribution in [0.15, 0.2) is 22.6 Å². The van der Waals surface area contributed by atoms with Gasteiger partial charge in [-0.15, -0.1) is 0 Å². The molecule has 1 N–H and O–H groups in total. The fraction of sp³-hybridized carbons (Fsp3) is 0.182. The minimum absolute atomic E-state index is 0.00465. The third-order valence-electron chi connectivity index (χ3n) is 2.30. The van der Waals surface area contributed by atoms with Gasteiger partial charge in [0.2, 0.25) is 6.41 Å². The number of furan rings is 1. The van der Waals surface area contributed by atoms with Crippen molar-refractivity contribution in [3.05, 3.63) is 35.3 Å². The quantitative estimate of drug-likeness (QED) is 0.682. The van der Waals surface area contributed by atoms with Gasteiger partial charge in [-0.05, 0) is 18.2 Å². The molecule has 0 atom stereocenters. The first-order chi connectivity index (χ1) is 8.41. The molecule has 0 unspecified atom stereocenters. The van der Waals surface area contributed by atoms with E-state index in [-0.39, 0.29) is 17.7 Å². The highest BCUT2D eigenvalue weighted by Gasteiger charge is 2.35. The SMILES string of the molecule is O=CNCc1cc2cc(F)cc(C(F)(F)F)c2o1. The Morgan fingerprint density at radius 2 is 2.00 bits per heavy atom. The molecule has 1 aromatic carbocycles. The Morgan fingerprint density at radius 3 is 2.61 bits per heavy atom. The molecule has 7 heteroatoms. The van der Waals surface area contributed by atoms with Gasteiger partial charge in [0.25, 0.3) is 0 Å². The van der Waals surface area contributed by atoms with Crippen molar-refractivity contribution in [1.29, 1.82) is 0 Å². The molecule has 0 aliphatic carbocycles. The summed E-state index contributed by atoms with van der Waals surface area (Å²) in [5.41, 5.74) is -1.61. The minimum Gasteiger partial charge on any atom is -0.459 e. The van der Waals surface area contributed by atoms with Crippen LogP contribution in [0.4, 0.5) is 17.6 Å². The standard InChI is InChI=1S/C11H7F4NO2/c12-7-1-6-2-8(4-16-5-17)18-10(6)9(3-7)11(13,14)15/h1-3,5H,4H2,(H,16,17). The van der Waals surface area contributed by atoms with Crippen molar-refractivity contribution in [2.24, 2.45) is 0 Å². The topological polar surface area (TPSA) is 42.2 Å². The van der Waals surface area contributed by atoms with Gasteiger partial charge in [-0.25, -0.2) is 4.39 Å². The molecule has 0 aliphatic heterocycles. The molecule has 0 saturated heterocycles. The van der Waals surface area contributed by atoms with Crippen molar-refractivity contribution in [2.45, 2.75) is 12.7 Å². The largest absolute Gasteiger partial charge is 0.459 e. The molecule has 96 valence electrons. The Kier molecular flexibility index (Phi) is 2.98. The van der Waals surface area contributed by atoms with Crippen molar-refractivity contribution in [2.75, 3.05) is 0 Å². The number of hydrogen-bond donors (Lipinski definition) is 1. The second kappa shape index (κ2) is 4.32. The fourth-order valence-electron chi connectivity index (χ4n) is 1.61. The van der Waals surface area contributed by atoms with Gasteiger partial charge in [0.05, 0.1) is 6.54 Å². The summed E-state index contributed by atoms with van der Waals surface area (Å²) in [5.74, 6) is -0.876. The molecule has 3 nitrogen and oxygen atoms in total. The van der Waals surface area contributed by atoms with E-state index >= 15 is 0 Å². The number of carbonyl (C=O) groups excluding carboxylic acids is 1. The lowest BCUT2D eigenvalue weighted by atomic mass is 10.1. The van der Waals surface area contributed by atoms with Crippen LogP contribution in [-0.2, 0) is 17.5 Å². The van der Waals surface area contributed by atoms with Gasteiger partial charge in [0, 0.05) is 5.39 Å². The molecule has 0 fully saturated rings. The van der Waals surface area contributed by atoms with Crippen LogP contribution in [0.2, 0.25) is 0 Å². The van der Waals surface area contributed by atoms with Gasteiger partial charge >= 0.3 is 6.18 Å². The maximum atomic E-state index is 13.1. The number of carbonyl (C=O) groups is 1. The summed E-state index contributed by atoms with van der Waals surface area (Å²) < 4.78 is 56.0. The average molecular weight is 261 g/mol. The summed E-state index contributed by atoms with van der Waals surface area (Å²) in [6.45, 7) is -0.0584. The van der Waals surface area contributed by atoms with Crippen molar-refractivity contribution in [3.63, 3.8) is 0 Å². The Morgan fingerprint density at radius 1 is 1.28 bits per heavy atom. The zero-order chi connectivity index (χ0) is 13.3. The summed E-state index contributed by atoms with van der Waals surface area (Å²) in [4.78, 5) is 10.1. The Hall–Kier alpha value is -2.05. The molecule has 0 saturated carbocycles. The molecule has 0 spiro atoms. The lowest BCUT2D eigenvalue weighted by Gasteiger charge is -2.06. The van der Waals surface area contributed by atoms with Gasteiger partial charge in [-0.3, -0.25) is 4.79 Å². The highest BCUT2D eigenvalue weighted by molar-refractivity contribution is 5.81. The number of halogens is 4. The average Bonchev–Trinajstić information content (AvgIpc) is 2.66. The third kappa shape index (κ3) is 2.29. The number of rotatable bonds is 3. The second-order valence-electron chi connectivity index (χ2n) is 3.58. The molecular weight excluding hydrogens is 254 g/mol. The van der Waals surface area contributed by atoms with Crippen LogP contribution in [-0.4, -0.2) is 6.41 Å². The minimum atomic E-state index is -4.70. The van der Waals surface area contributed by atoms with E-state index in [1.807, 2.05) is 0 Å². The first kappa shape index (κ1) is 12.4. The van der Waals surface area contributed by atoms with E-state index in [1.54, 1.807) is 0 Å². The number of amides is 1. The second-order valence-corrected chi connectivity index (χ2v) is 3.58. The molecule has 18 heavy (non-hydrogen) atoms. The molecule has 0 aliphatic rings. The van der Waals surface area contributed by atoms with E-state index in [4.69, 9.17) is 4.42 Å². The summed E-state index contributed by atoms with van der Waals surface area (Å²) in [5, 5.41) is 2.25. The molecule has 1 heterocycles. The Balaban J connectivity index is 2.57. The fourth-order valence-corrected chi connectivity index (χ4v) is 1.61. The number of alkyl halides is 3. The van der Waals surface area contributed by atoms with Crippen LogP contribution in [0.25, 0.3) is 11.0 Å². The van der Waals surface area contributed by atoms with E-state index in [0.29, 0.717) is 12.5 Å². The Bertz CT molecular complexity index is 588. The van der Waals surface area contributed by atoms with E-state index in [1.165, 1.54) is 6.07 Å². The van der Waals surface area contributed by atoms with Crippen LogP contribution in [0, 0.1) is 5.82 Å². The Labute approximate surface area is 98.4 Å². The van der Waals surface area contributed by atoms with Crippen LogP contribution in [0.1, 0.15) is 11.3 Å². The predicted octanol–water partition coefficient (Wildman–Crippen LogP) is 2.84. The van der Waals surface area contributed by atoms with Crippen LogP contribution in [0.5, 0.6) is 0 Å².